The standard InChI is InChI=1S/C17H20N2O4/c1-3-23-17(22)13-10-15(12-6-4-5-7-14(12)18)19(11(13)2)9-8-16(20)21/h4-7,10H,3,8-9,18H2,1-2H3,(H,20,21). The number of para-hydroxylation sites is 1. The molecular formula is C17H20N2O4. The second kappa shape index (κ2) is 7.00. The molecule has 2 aromatic rings. The Bertz CT molecular complexity index is 734. The van der Waals surface area contributed by atoms with Crippen LogP contribution in [0.15, 0.2) is 30.3 Å². The Morgan fingerprint density at radius 2 is 2.00 bits per heavy atom. The number of nitrogens with two attached hydrogens (primary N) is 1. The van der Waals surface area contributed by atoms with Gasteiger partial charge in [0.05, 0.1) is 24.3 Å². The number of anilines is 1. The van der Waals surface area contributed by atoms with E-state index >= 15 is 0 Å². The fraction of sp³-hybridized carbons (Fsp3) is 0.294. The molecule has 23 heavy (non-hydrogen) atoms. The average Bonchev–Trinajstić information content (AvgIpc) is 2.82. The maximum Gasteiger partial charge on any atom is 0.339 e. The lowest BCUT2D eigenvalue weighted by atomic mass is 10.1. The van der Waals surface area contributed by atoms with Gasteiger partial charge in [-0.25, -0.2) is 4.79 Å². The van der Waals surface area contributed by atoms with Gasteiger partial charge in [-0.1, -0.05) is 18.2 Å². The van der Waals surface area contributed by atoms with Gasteiger partial charge >= 0.3 is 11.9 Å². The lowest BCUT2D eigenvalue weighted by Crippen LogP contribution is -2.10. The van der Waals surface area contributed by atoms with Crippen molar-refractivity contribution in [2.45, 2.75) is 26.8 Å². The van der Waals surface area contributed by atoms with E-state index in [2.05, 4.69) is 0 Å². The van der Waals surface area contributed by atoms with Crippen molar-refractivity contribution < 1.29 is 19.4 Å². The molecular weight excluding hydrogens is 296 g/mol. The van der Waals surface area contributed by atoms with Gasteiger partial charge < -0.3 is 20.1 Å². The van der Waals surface area contributed by atoms with E-state index in [1.54, 1.807) is 30.5 Å². The molecule has 0 aliphatic carbocycles. The number of ether oxygens (including phenoxy) is 1. The number of esters is 1. The van der Waals surface area contributed by atoms with E-state index in [1.807, 2.05) is 18.2 Å². The minimum Gasteiger partial charge on any atom is -0.481 e. The number of carbonyl (C=O) groups is 2. The van der Waals surface area contributed by atoms with E-state index in [0.29, 0.717) is 22.6 Å². The van der Waals surface area contributed by atoms with Crippen LogP contribution in [0, 0.1) is 6.92 Å². The first-order valence-electron chi connectivity index (χ1n) is 7.39. The van der Waals surface area contributed by atoms with Gasteiger partial charge in [-0.05, 0) is 26.0 Å². The van der Waals surface area contributed by atoms with Gasteiger partial charge in [-0.2, -0.15) is 0 Å². The van der Waals surface area contributed by atoms with Crippen molar-refractivity contribution in [3.05, 3.63) is 41.6 Å². The van der Waals surface area contributed by atoms with Crippen molar-refractivity contribution in [3.63, 3.8) is 0 Å². The highest BCUT2D eigenvalue weighted by Crippen LogP contribution is 2.30. The van der Waals surface area contributed by atoms with E-state index in [0.717, 1.165) is 5.56 Å². The third-order valence-electron chi connectivity index (χ3n) is 3.65. The lowest BCUT2D eigenvalue weighted by molar-refractivity contribution is -0.137. The van der Waals surface area contributed by atoms with Crippen molar-refractivity contribution >= 4 is 17.6 Å². The zero-order chi connectivity index (χ0) is 17.0. The molecule has 0 unspecified atom stereocenters. The maximum atomic E-state index is 12.1. The van der Waals surface area contributed by atoms with Crippen molar-refractivity contribution in [2.24, 2.45) is 0 Å². The Kier molecular flexibility index (Phi) is 5.05. The van der Waals surface area contributed by atoms with Crippen molar-refractivity contribution in [1.82, 2.24) is 4.57 Å². The predicted molar refractivity (Wildman–Crippen MR) is 87.2 cm³/mol. The first kappa shape index (κ1) is 16.6. The summed E-state index contributed by atoms with van der Waals surface area (Å²) in [7, 11) is 0. The minimum atomic E-state index is -0.900. The molecule has 0 aliphatic heterocycles. The summed E-state index contributed by atoms with van der Waals surface area (Å²) in [6, 6.07) is 8.99. The van der Waals surface area contributed by atoms with Gasteiger partial charge in [0.15, 0.2) is 0 Å². The molecule has 3 N–H and O–H groups in total. The van der Waals surface area contributed by atoms with Crippen LogP contribution in [0.1, 0.15) is 29.4 Å². The summed E-state index contributed by atoms with van der Waals surface area (Å²) in [5.74, 6) is -1.32. The van der Waals surface area contributed by atoms with E-state index in [9.17, 15) is 9.59 Å². The van der Waals surface area contributed by atoms with Gasteiger partial charge in [0, 0.05) is 23.5 Å². The fourth-order valence-corrected chi connectivity index (χ4v) is 2.51. The molecule has 0 saturated heterocycles. The molecule has 0 bridgehead atoms. The average molecular weight is 316 g/mol. The van der Waals surface area contributed by atoms with Crippen LogP contribution in [0.2, 0.25) is 0 Å². The molecule has 0 aliphatic rings. The number of aromatic nitrogens is 1. The van der Waals surface area contributed by atoms with Crippen LogP contribution in [0.5, 0.6) is 0 Å². The van der Waals surface area contributed by atoms with Crippen LogP contribution in [-0.2, 0) is 16.1 Å². The summed E-state index contributed by atoms with van der Waals surface area (Å²) in [5, 5.41) is 8.95. The molecule has 1 heterocycles. The number of nitrogen functional groups attached to an aromatic ring is 1. The number of nitrogens with zero attached hydrogens (tertiary/aromatic N) is 1. The number of rotatable bonds is 6. The van der Waals surface area contributed by atoms with Gasteiger partial charge in [0.1, 0.15) is 0 Å². The summed E-state index contributed by atoms with van der Waals surface area (Å²) in [6.07, 6.45) is -0.0441. The lowest BCUT2D eigenvalue weighted by Gasteiger charge is -2.12. The number of carboxylic acids is 1. The molecule has 6 heteroatoms. The molecule has 2 rings (SSSR count). The highest BCUT2D eigenvalue weighted by atomic mass is 16.5. The fourth-order valence-electron chi connectivity index (χ4n) is 2.51. The number of aliphatic carboxylic acids is 1. The maximum absolute atomic E-state index is 12.1. The molecule has 0 radical (unpaired) electrons. The zero-order valence-corrected chi connectivity index (χ0v) is 13.2. The molecule has 0 spiro atoms. The summed E-state index contributed by atoms with van der Waals surface area (Å²) in [6.45, 7) is 4.05. The summed E-state index contributed by atoms with van der Waals surface area (Å²) in [5.41, 5.74) is 9.16. The largest absolute Gasteiger partial charge is 0.481 e. The number of carboxylic acid groups (broad SMARTS) is 1. The Labute approximate surface area is 134 Å². The van der Waals surface area contributed by atoms with Crippen LogP contribution < -0.4 is 5.73 Å². The Balaban J connectivity index is 2.54. The second-order valence-corrected chi connectivity index (χ2v) is 5.13. The Morgan fingerprint density at radius 1 is 1.30 bits per heavy atom. The van der Waals surface area contributed by atoms with Crippen LogP contribution in [0.4, 0.5) is 5.69 Å². The smallest absolute Gasteiger partial charge is 0.339 e. The van der Waals surface area contributed by atoms with E-state index in [4.69, 9.17) is 15.6 Å². The molecule has 0 saturated carbocycles. The van der Waals surface area contributed by atoms with Crippen LogP contribution in [0.3, 0.4) is 0 Å². The summed E-state index contributed by atoms with van der Waals surface area (Å²) >= 11 is 0. The summed E-state index contributed by atoms with van der Waals surface area (Å²) in [4.78, 5) is 23.0. The van der Waals surface area contributed by atoms with Crippen molar-refractivity contribution in [3.8, 4) is 11.3 Å². The minimum absolute atomic E-state index is 0.0441. The van der Waals surface area contributed by atoms with Gasteiger partial charge in [0.25, 0.3) is 0 Å². The predicted octanol–water partition coefficient (Wildman–Crippen LogP) is 2.70. The summed E-state index contributed by atoms with van der Waals surface area (Å²) < 4.78 is 6.87. The molecule has 0 amide bonds. The van der Waals surface area contributed by atoms with Crippen LogP contribution in [0.25, 0.3) is 11.3 Å². The van der Waals surface area contributed by atoms with Crippen LogP contribution in [-0.4, -0.2) is 28.2 Å². The van der Waals surface area contributed by atoms with Gasteiger partial charge in [-0.15, -0.1) is 0 Å². The third-order valence-corrected chi connectivity index (χ3v) is 3.65. The molecule has 1 aromatic heterocycles. The molecule has 6 nitrogen and oxygen atoms in total. The second-order valence-electron chi connectivity index (χ2n) is 5.13. The molecule has 122 valence electrons. The molecule has 1 aromatic carbocycles. The SMILES string of the molecule is CCOC(=O)c1cc(-c2ccccc2N)n(CCC(=O)O)c1C. The normalized spacial score (nSPS) is 10.5. The van der Waals surface area contributed by atoms with Crippen LogP contribution >= 0.6 is 0 Å². The number of hydrogen-bond acceptors (Lipinski definition) is 4. The monoisotopic (exact) mass is 316 g/mol. The third kappa shape index (κ3) is 3.53. The first-order valence-corrected chi connectivity index (χ1v) is 7.39. The Hall–Kier alpha value is -2.76. The molecule has 0 atom stereocenters. The highest BCUT2D eigenvalue weighted by Gasteiger charge is 2.20. The molecule has 0 fully saturated rings. The number of benzene rings is 1. The zero-order valence-electron chi connectivity index (χ0n) is 13.2. The van der Waals surface area contributed by atoms with Gasteiger partial charge in [-0.3, -0.25) is 4.79 Å². The number of hydrogen-bond donors (Lipinski definition) is 2. The van der Waals surface area contributed by atoms with Crippen molar-refractivity contribution in [1.29, 1.82) is 0 Å². The first-order chi connectivity index (χ1) is 11.0. The number of carbonyl (C=O) groups excluding carboxylic acids is 1. The Morgan fingerprint density at radius 3 is 2.61 bits per heavy atom. The topological polar surface area (TPSA) is 94.5 Å². The van der Waals surface area contributed by atoms with Crippen molar-refractivity contribution in [2.75, 3.05) is 12.3 Å². The van der Waals surface area contributed by atoms with E-state index in [1.165, 1.54) is 0 Å². The highest BCUT2D eigenvalue weighted by molar-refractivity contribution is 5.93. The van der Waals surface area contributed by atoms with Gasteiger partial charge in [0.2, 0.25) is 0 Å². The van der Waals surface area contributed by atoms with E-state index in [-0.39, 0.29) is 19.6 Å². The quantitative estimate of drug-likeness (QED) is 0.631. The van der Waals surface area contributed by atoms with E-state index < -0.39 is 11.9 Å².